The van der Waals surface area contributed by atoms with Crippen LogP contribution in [0, 0.1) is 0 Å². The van der Waals surface area contributed by atoms with E-state index < -0.39 is 0 Å². The lowest BCUT2D eigenvalue weighted by Crippen LogP contribution is -2.49. The summed E-state index contributed by atoms with van der Waals surface area (Å²) in [4.78, 5) is 13.9. The van der Waals surface area contributed by atoms with Crippen LogP contribution in [0.4, 0.5) is 0 Å². The molecule has 1 aliphatic rings. The second kappa shape index (κ2) is 6.68. The van der Waals surface area contributed by atoms with E-state index >= 15 is 0 Å². The van der Waals surface area contributed by atoms with Gasteiger partial charge in [-0.05, 0) is 18.1 Å². The van der Waals surface area contributed by atoms with Crippen LogP contribution in [0.1, 0.15) is 18.1 Å². The van der Waals surface area contributed by atoms with Gasteiger partial charge in [0.1, 0.15) is 0 Å². The predicted octanol–water partition coefficient (Wildman–Crippen LogP) is 1.20. The van der Waals surface area contributed by atoms with Crippen molar-refractivity contribution in [2.24, 2.45) is 0 Å². The van der Waals surface area contributed by atoms with E-state index in [2.05, 4.69) is 23.2 Å². The number of carbonyl (C=O) groups is 1. The molecular weight excluding hydrogens is 240 g/mol. The first kappa shape index (κ1) is 14.0. The molecule has 0 spiro atoms. The Morgan fingerprint density at radius 1 is 1.42 bits per heavy atom. The van der Waals surface area contributed by atoms with E-state index in [1.54, 1.807) is 0 Å². The molecule has 1 N–H and O–H groups in total. The summed E-state index contributed by atoms with van der Waals surface area (Å²) in [5.74, 6) is -0.180. The van der Waals surface area contributed by atoms with Crippen molar-refractivity contribution in [3.63, 3.8) is 0 Å². The number of piperazine rings is 1. The first-order valence-corrected chi connectivity index (χ1v) is 6.79. The van der Waals surface area contributed by atoms with Gasteiger partial charge in [0.2, 0.25) is 0 Å². The van der Waals surface area contributed by atoms with Gasteiger partial charge in [0.05, 0.1) is 13.5 Å². The van der Waals surface area contributed by atoms with Crippen LogP contribution in [0.25, 0.3) is 0 Å². The average Bonchev–Trinajstić information content (AvgIpc) is 2.43. The zero-order valence-electron chi connectivity index (χ0n) is 11.7. The van der Waals surface area contributed by atoms with Crippen molar-refractivity contribution >= 4 is 5.97 Å². The summed E-state index contributed by atoms with van der Waals surface area (Å²) in [6.07, 6.45) is 0.354. The molecule has 1 atom stereocenters. The smallest absolute Gasteiger partial charge is 0.309 e. The maximum atomic E-state index is 11.4. The standard InChI is InChI=1S/C15H22N2O2/c1-12-10-16-7-8-17(12)11-14-6-4-3-5-13(14)9-15(18)19-2/h3-6,12,16H,7-11H2,1-2H3. The van der Waals surface area contributed by atoms with Crippen molar-refractivity contribution in [1.29, 1.82) is 0 Å². The number of esters is 1. The van der Waals surface area contributed by atoms with Gasteiger partial charge in [-0.3, -0.25) is 9.69 Å². The van der Waals surface area contributed by atoms with Gasteiger partial charge in [0.15, 0.2) is 0 Å². The molecule has 4 heteroatoms. The van der Waals surface area contributed by atoms with Gasteiger partial charge >= 0.3 is 5.97 Å². The third-order valence-corrected chi connectivity index (χ3v) is 3.69. The van der Waals surface area contributed by atoms with Gasteiger partial charge < -0.3 is 10.1 Å². The molecule has 1 aromatic carbocycles. The molecule has 0 bridgehead atoms. The minimum Gasteiger partial charge on any atom is -0.469 e. The van der Waals surface area contributed by atoms with Gasteiger partial charge in [-0.1, -0.05) is 24.3 Å². The van der Waals surface area contributed by atoms with Crippen molar-refractivity contribution < 1.29 is 9.53 Å². The van der Waals surface area contributed by atoms with Crippen LogP contribution in [0.5, 0.6) is 0 Å². The van der Waals surface area contributed by atoms with Gasteiger partial charge in [0, 0.05) is 32.2 Å². The average molecular weight is 262 g/mol. The van der Waals surface area contributed by atoms with E-state index in [-0.39, 0.29) is 5.97 Å². The molecule has 1 aliphatic heterocycles. The quantitative estimate of drug-likeness (QED) is 0.828. The molecule has 1 unspecified atom stereocenters. The largest absolute Gasteiger partial charge is 0.469 e. The number of methoxy groups -OCH3 is 1. The Hall–Kier alpha value is -1.39. The molecule has 19 heavy (non-hydrogen) atoms. The van der Waals surface area contributed by atoms with Crippen molar-refractivity contribution in [2.45, 2.75) is 25.9 Å². The Morgan fingerprint density at radius 2 is 2.16 bits per heavy atom. The predicted molar refractivity (Wildman–Crippen MR) is 74.9 cm³/mol. The van der Waals surface area contributed by atoms with E-state index in [1.807, 2.05) is 18.2 Å². The molecule has 2 rings (SSSR count). The highest BCUT2D eigenvalue weighted by Gasteiger charge is 2.19. The number of hydrogen-bond acceptors (Lipinski definition) is 4. The molecule has 0 radical (unpaired) electrons. The number of nitrogens with zero attached hydrogens (tertiary/aromatic N) is 1. The summed E-state index contributed by atoms with van der Waals surface area (Å²) in [7, 11) is 1.43. The summed E-state index contributed by atoms with van der Waals surface area (Å²) < 4.78 is 4.76. The molecule has 1 aromatic rings. The molecule has 4 nitrogen and oxygen atoms in total. The SMILES string of the molecule is COC(=O)Cc1ccccc1CN1CCNCC1C. The second-order valence-corrected chi connectivity index (χ2v) is 5.05. The lowest BCUT2D eigenvalue weighted by Gasteiger charge is -2.34. The monoisotopic (exact) mass is 262 g/mol. The van der Waals surface area contributed by atoms with E-state index in [0.717, 1.165) is 31.7 Å². The number of nitrogens with one attached hydrogen (secondary N) is 1. The van der Waals surface area contributed by atoms with Crippen LogP contribution >= 0.6 is 0 Å². The van der Waals surface area contributed by atoms with Gasteiger partial charge in [-0.15, -0.1) is 0 Å². The lowest BCUT2D eigenvalue weighted by molar-refractivity contribution is -0.139. The van der Waals surface area contributed by atoms with Crippen molar-refractivity contribution in [1.82, 2.24) is 10.2 Å². The number of benzene rings is 1. The zero-order valence-corrected chi connectivity index (χ0v) is 11.7. The number of hydrogen-bond donors (Lipinski definition) is 1. The first-order valence-electron chi connectivity index (χ1n) is 6.79. The Kier molecular flexibility index (Phi) is 4.93. The Morgan fingerprint density at radius 3 is 2.84 bits per heavy atom. The molecule has 0 aliphatic carbocycles. The molecule has 1 fully saturated rings. The fraction of sp³-hybridized carbons (Fsp3) is 0.533. The molecular formula is C15H22N2O2. The van der Waals surface area contributed by atoms with E-state index in [0.29, 0.717) is 12.5 Å². The third kappa shape index (κ3) is 3.78. The summed E-state index contributed by atoms with van der Waals surface area (Å²) in [6.45, 7) is 6.24. The van der Waals surface area contributed by atoms with E-state index in [4.69, 9.17) is 4.74 Å². The van der Waals surface area contributed by atoms with Crippen molar-refractivity contribution in [3.8, 4) is 0 Å². The van der Waals surface area contributed by atoms with E-state index in [9.17, 15) is 4.79 Å². The lowest BCUT2D eigenvalue weighted by atomic mass is 10.0. The third-order valence-electron chi connectivity index (χ3n) is 3.69. The number of carbonyl (C=O) groups excluding carboxylic acids is 1. The summed E-state index contributed by atoms with van der Waals surface area (Å²) in [6, 6.07) is 8.65. The minimum atomic E-state index is -0.180. The Labute approximate surface area is 114 Å². The second-order valence-electron chi connectivity index (χ2n) is 5.05. The topological polar surface area (TPSA) is 41.6 Å². The normalized spacial score (nSPS) is 20.2. The molecule has 0 aromatic heterocycles. The summed E-state index contributed by atoms with van der Waals surface area (Å²) >= 11 is 0. The highest BCUT2D eigenvalue weighted by Crippen LogP contribution is 2.15. The van der Waals surface area contributed by atoms with Crippen molar-refractivity contribution in [2.75, 3.05) is 26.7 Å². The minimum absolute atomic E-state index is 0.180. The number of ether oxygens (including phenoxy) is 1. The van der Waals surface area contributed by atoms with Gasteiger partial charge in [-0.2, -0.15) is 0 Å². The first-order chi connectivity index (χ1) is 9.20. The highest BCUT2D eigenvalue weighted by atomic mass is 16.5. The fourth-order valence-electron chi connectivity index (χ4n) is 2.45. The van der Waals surface area contributed by atoms with E-state index in [1.165, 1.54) is 12.7 Å². The summed E-state index contributed by atoms with van der Waals surface area (Å²) in [5.41, 5.74) is 2.29. The van der Waals surface area contributed by atoms with Crippen molar-refractivity contribution in [3.05, 3.63) is 35.4 Å². The molecule has 0 saturated carbocycles. The summed E-state index contributed by atoms with van der Waals surface area (Å²) in [5, 5.41) is 3.39. The maximum absolute atomic E-state index is 11.4. The van der Waals surface area contributed by atoms with Gasteiger partial charge in [0.25, 0.3) is 0 Å². The van der Waals surface area contributed by atoms with Crippen LogP contribution in [0.2, 0.25) is 0 Å². The maximum Gasteiger partial charge on any atom is 0.309 e. The molecule has 1 heterocycles. The van der Waals surface area contributed by atoms with Gasteiger partial charge in [-0.25, -0.2) is 0 Å². The van der Waals surface area contributed by atoms with Crippen LogP contribution in [0.15, 0.2) is 24.3 Å². The van der Waals surface area contributed by atoms with Crippen LogP contribution < -0.4 is 5.32 Å². The van der Waals surface area contributed by atoms with Crippen LogP contribution in [-0.4, -0.2) is 43.7 Å². The van der Waals surface area contributed by atoms with Crippen LogP contribution in [0.3, 0.4) is 0 Å². The highest BCUT2D eigenvalue weighted by molar-refractivity contribution is 5.72. The van der Waals surface area contributed by atoms with Crippen LogP contribution in [-0.2, 0) is 22.5 Å². The Balaban J connectivity index is 2.08. The molecule has 0 amide bonds. The zero-order chi connectivity index (χ0) is 13.7. The molecule has 104 valence electrons. The fourth-order valence-corrected chi connectivity index (χ4v) is 2.45. The Bertz CT molecular complexity index is 434. The number of rotatable bonds is 4. The molecule has 1 saturated heterocycles.